The average molecular weight is 207 g/mol. The lowest BCUT2D eigenvalue weighted by Gasteiger charge is -2.37. The van der Waals surface area contributed by atoms with E-state index in [0.717, 1.165) is 5.56 Å². The lowest BCUT2D eigenvalue weighted by molar-refractivity contribution is 0.213. The Bertz CT molecular complexity index is 331. The molecule has 2 nitrogen and oxygen atoms in total. The number of benzene rings is 1. The van der Waals surface area contributed by atoms with Crippen molar-refractivity contribution < 1.29 is 5.11 Å². The van der Waals surface area contributed by atoms with Crippen molar-refractivity contribution in [2.45, 2.75) is 32.2 Å². The summed E-state index contributed by atoms with van der Waals surface area (Å²) < 4.78 is 0. The van der Waals surface area contributed by atoms with Crippen LogP contribution in [0.2, 0.25) is 0 Å². The van der Waals surface area contributed by atoms with Crippen molar-refractivity contribution in [3.8, 4) is 5.75 Å². The molecule has 0 saturated carbocycles. The first-order valence-corrected chi connectivity index (χ1v) is 5.32. The van der Waals surface area contributed by atoms with E-state index in [4.69, 9.17) is 0 Å². The van der Waals surface area contributed by atoms with E-state index >= 15 is 0 Å². The summed E-state index contributed by atoms with van der Waals surface area (Å²) in [5.74, 6) is 0.385. The minimum atomic E-state index is -0.0607. The Morgan fingerprint density at radius 1 is 1.20 bits per heavy atom. The zero-order valence-corrected chi connectivity index (χ0v) is 10.3. The number of rotatable bonds is 3. The fraction of sp³-hybridized carbons (Fsp3) is 0.538. The second-order valence-electron chi connectivity index (χ2n) is 4.88. The van der Waals surface area contributed by atoms with Gasteiger partial charge in [-0.3, -0.25) is 0 Å². The van der Waals surface area contributed by atoms with Gasteiger partial charge in [0.25, 0.3) is 0 Å². The van der Waals surface area contributed by atoms with E-state index in [2.05, 4.69) is 39.8 Å². The smallest absolute Gasteiger partial charge is 0.119 e. The summed E-state index contributed by atoms with van der Waals surface area (Å²) in [6.45, 7) is 6.49. The molecular formula is C13H21NO. The molecule has 84 valence electrons. The van der Waals surface area contributed by atoms with E-state index in [0.29, 0.717) is 11.8 Å². The largest absolute Gasteiger partial charge is 0.508 e. The van der Waals surface area contributed by atoms with E-state index in [1.165, 1.54) is 0 Å². The molecule has 1 atom stereocenters. The molecule has 0 aliphatic heterocycles. The van der Waals surface area contributed by atoms with Crippen LogP contribution in [0.1, 0.15) is 26.3 Å². The Labute approximate surface area is 92.5 Å². The van der Waals surface area contributed by atoms with Gasteiger partial charge < -0.3 is 10.0 Å². The van der Waals surface area contributed by atoms with Crippen molar-refractivity contribution in [1.29, 1.82) is 0 Å². The van der Waals surface area contributed by atoms with Crippen molar-refractivity contribution in [2.24, 2.45) is 0 Å². The molecule has 0 amide bonds. The summed E-state index contributed by atoms with van der Waals surface area (Å²) in [6, 6.07) is 7.94. The second-order valence-corrected chi connectivity index (χ2v) is 4.88. The summed E-state index contributed by atoms with van der Waals surface area (Å²) in [7, 11) is 4.12. The minimum Gasteiger partial charge on any atom is -0.508 e. The molecule has 0 radical (unpaired) electrons. The predicted molar refractivity (Wildman–Crippen MR) is 64.3 cm³/mol. The van der Waals surface area contributed by atoms with Gasteiger partial charge in [0.05, 0.1) is 0 Å². The topological polar surface area (TPSA) is 23.5 Å². The van der Waals surface area contributed by atoms with Crippen LogP contribution in [0.25, 0.3) is 0 Å². The van der Waals surface area contributed by atoms with Crippen molar-refractivity contribution in [3.63, 3.8) is 0 Å². The van der Waals surface area contributed by atoms with Gasteiger partial charge in [-0.25, -0.2) is 0 Å². The Balaban J connectivity index is 3.11. The van der Waals surface area contributed by atoms with Crippen LogP contribution in [0.3, 0.4) is 0 Å². The fourth-order valence-corrected chi connectivity index (χ4v) is 1.89. The van der Waals surface area contributed by atoms with E-state index in [1.54, 1.807) is 6.07 Å². The second kappa shape index (κ2) is 4.23. The number of aromatic hydroxyl groups is 1. The van der Waals surface area contributed by atoms with Gasteiger partial charge in [-0.2, -0.15) is 0 Å². The van der Waals surface area contributed by atoms with Gasteiger partial charge in [-0.05, 0) is 27.1 Å². The average Bonchev–Trinajstić information content (AvgIpc) is 2.16. The molecule has 0 saturated heterocycles. The number of nitrogens with zero attached hydrogens (tertiary/aromatic N) is 1. The normalized spacial score (nSPS) is 14.3. The summed E-state index contributed by atoms with van der Waals surface area (Å²) in [5.41, 5.74) is 0.945. The molecule has 1 N–H and O–H groups in total. The number of hydrogen-bond donors (Lipinski definition) is 1. The molecule has 0 bridgehead atoms. The molecule has 1 aromatic rings. The molecule has 0 aromatic heterocycles. The zero-order chi connectivity index (χ0) is 11.6. The van der Waals surface area contributed by atoms with Crippen LogP contribution in [-0.4, -0.2) is 30.1 Å². The standard InChI is InChI=1S/C13H21NO/c1-10(14(4)5)13(2,3)11-8-6-7-9-12(11)15/h6-10,15H,1-5H3. The molecular weight excluding hydrogens is 186 g/mol. The van der Waals surface area contributed by atoms with E-state index in [1.807, 2.05) is 18.2 Å². The van der Waals surface area contributed by atoms with E-state index < -0.39 is 0 Å². The van der Waals surface area contributed by atoms with Crippen LogP contribution in [0.5, 0.6) is 5.75 Å². The van der Waals surface area contributed by atoms with Crippen LogP contribution in [-0.2, 0) is 5.41 Å². The van der Waals surface area contributed by atoms with Gasteiger partial charge in [0, 0.05) is 17.0 Å². The van der Waals surface area contributed by atoms with Gasteiger partial charge in [0.2, 0.25) is 0 Å². The number of para-hydroxylation sites is 1. The highest BCUT2D eigenvalue weighted by atomic mass is 16.3. The Morgan fingerprint density at radius 3 is 2.20 bits per heavy atom. The third-order valence-electron chi connectivity index (χ3n) is 3.42. The lowest BCUT2D eigenvalue weighted by atomic mass is 9.77. The van der Waals surface area contributed by atoms with Gasteiger partial charge >= 0.3 is 0 Å². The fourth-order valence-electron chi connectivity index (χ4n) is 1.89. The molecule has 2 heteroatoms. The Hall–Kier alpha value is -1.02. The quantitative estimate of drug-likeness (QED) is 0.823. The number of likely N-dealkylation sites (N-methyl/N-ethyl adjacent to an activating group) is 1. The molecule has 0 heterocycles. The van der Waals surface area contributed by atoms with Crippen molar-refractivity contribution in [3.05, 3.63) is 29.8 Å². The molecule has 1 unspecified atom stereocenters. The summed E-state index contributed by atoms with van der Waals surface area (Å²) in [4.78, 5) is 2.17. The summed E-state index contributed by atoms with van der Waals surface area (Å²) in [6.07, 6.45) is 0. The van der Waals surface area contributed by atoms with E-state index in [-0.39, 0.29) is 5.41 Å². The number of phenols is 1. The van der Waals surface area contributed by atoms with Crippen LogP contribution < -0.4 is 0 Å². The molecule has 0 aliphatic carbocycles. The van der Waals surface area contributed by atoms with Crippen molar-refractivity contribution in [2.75, 3.05) is 14.1 Å². The SMILES string of the molecule is CC(N(C)C)C(C)(C)c1ccccc1O. The number of hydrogen-bond acceptors (Lipinski definition) is 2. The maximum absolute atomic E-state index is 9.86. The van der Waals surface area contributed by atoms with Crippen LogP contribution >= 0.6 is 0 Å². The first-order chi connectivity index (χ1) is 6.87. The molecule has 15 heavy (non-hydrogen) atoms. The highest BCUT2D eigenvalue weighted by Crippen LogP contribution is 2.34. The molecule has 1 rings (SSSR count). The molecule has 0 spiro atoms. The molecule has 1 aromatic carbocycles. The third-order valence-corrected chi connectivity index (χ3v) is 3.42. The van der Waals surface area contributed by atoms with Crippen molar-refractivity contribution in [1.82, 2.24) is 4.90 Å². The predicted octanol–water partition coefficient (Wildman–Crippen LogP) is 2.62. The first-order valence-electron chi connectivity index (χ1n) is 5.32. The Morgan fingerprint density at radius 2 is 1.73 bits per heavy atom. The van der Waals surface area contributed by atoms with E-state index in [9.17, 15) is 5.11 Å². The van der Waals surface area contributed by atoms with Gasteiger partial charge in [-0.15, -0.1) is 0 Å². The molecule has 0 fully saturated rings. The third kappa shape index (κ3) is 2.32. The zero-order valence-electron chi connectivity index (χ0n) is 10.3. The van der Waals surface area contributed by atoms with Gasteiger partial charge in [0.1, 0.15) is 5.75 Å². The number of phenolic OH excluding ortho intramolecular Hbond substituents is 1. The summed E-state index contributed by atoms with van der Waals surface area (Å²) in [5, 5.41) is 9.86. The monoisotopic (exact) mass is 207 g/mol. The minimum absolute atomic E-state index is 0.0607. The summed E-state index contributed by atoms with van der Waals surface area (Å²) >= 11 is 0. The van der Waals surface area contributed by atoms with Crippen LogP contribution in [0.4, 0.5) is 0 Å². The maximum Gasteiger partial charge on any atom is 0.119 e. The van der Waals surface area contributed by atoms with Crippen molar-refractivity contribution >= 4 is 0 Å². The highest BCUT2D eigenvalue weighted by Gasteiger charge is 2.31. The van der Waals surface area contributed by atoms with Crippen LogP contribution in [0, 0.1) is 0 Å². The lowest BCUT2D eigenvalue weighted by Crippen LogP contribution is -2.41. The van der Waals surface area contributed by atoms with Gasteiger partial charge in [-0.1, -0.05) is 32.0 Å². The van der Waals surface area contributed by atoms with Gasteiger partial charge in [0.15, 0.2) is 0 Å². The Kier molecular flexibility index (Phi) is 3.40. The first kappa shape index (κ1) is 12.1. The maximum atomic E-state index is 9.86. The highest BCUT2D eigenvalue weighted by molar-refractivity contribution is 5.38. The molecule has 0 aliphatic rings. The van der Waals surface area contributed by atoms with Crippen LogP contribution in [0.15, 0.2) is 24.3 Å².